The maximum absolute atomic E-state index is 5.20. The van der Waals surface area contributed by atoms with Crippen molar-refractivity contribution in [2.24, 2.45) is 16.6 Å². The average Bonchev–Trinajstić information content (AvgIpc) is 2.60. The van der Waals surface area contributed by atoms with Crippen molar-refractivity contribution < 1.29 is 5.10 Å². The van der Waals surface area contributed by atoms with Crippen molar-refractivity contribution in [2.75, 3.05) is 0 Å². The van der Waals surface area contributed by atoms with Crippen molar-refractivity contribution in [2.45, 2.75) is 0 Å². The van der Waals surface area contributed by atoms with E-state index >= 15 is 0 Å². The highest BCUT2D eigenvalue weighted by Crippen LogP contribution is 2.20. The molecule has 0 aliphatic rings. The van der Waals surface area contributed by atoms with E-state index in [1.807, 2.05) is 24.4 Å². The number of nitrogens with zero attached hydrogens (tertiary/aromatic N) is 1. The number of aromatic amines is 1. The van der Waals surface area contributed by atoms with Crippen LogP contribution in [0.3, 0.4) is 0 Å². The SMILES string of the molecule is NC(N)=N/[NH+]=C/c1c[nH]c2ccc(Br)cc12. The Labute approximate surface area is 100 Å². The molecule has 0 spiro atoms. The minimum absolute atomic E-state index is 0.00253. The van der Waals surface area contributed by atoms with Crippen LogP contribution in [0.25, 0.3) is 10.9 Å². The van der Waals surface area contributed by atoms with Gasteiger partial charge in [0.15, 0.2) is 0 Å². The van der Waals surface area contributed by atoms with Gasteiger partial charge < -0.3 is 16.5 Å². The van der Waals surface area contributed by atoms with E-state index in [-0.39, 0.29) is 5.96 Å². The zero-order valence-electron chi connectivity index (χ0n) is 8.37. The summed E-state index contributed by atoms with van der Waals surface area (Å²) in [5.41, 5.74) is 12.4. The van der Waals surface area contributed by atoms with Crippen LogP contribution in [0, 0.1) is 0 Å². The molecule has 0 saturated heterocycles. The number of halogens is 1. The first kappa shape index (κ1) is 10.7. The van der Waals surface area contributed by atoms with E-state index in [9.17, 15) is 0 Å². The molecule has 16 heavy (non-hydrogen) atoms. The Hall–Kier alpha value is -1.82. The molecule has 2 aromatic rings. The van der Waals surface area contributed by atoms with Crippen molar-refractivity contribution in [3.8, 4) is 0 Å². The van der Waals surface area contributed by atoms with Gasteiger partial charge in [0, 0.05) is 26.7 Å². The molecule has 0 aliphatic carbocycles. The van der Waals surface area contributed by atoms with E-state index in [2.05, 4.69) is 31.1 Å². The number of guanidine groups is 1. The summed E-state index contributed by atoms with van der Waals surface area (Å²) in [5.74, 6) is -0.00253. The van der Waals surface area contributed by atoms with Crippen LogP contribution in [-0.2, 0) is 0 Å². The van der Waals surface area contributed by atoms with Crippen molar-refractivity contribution in [3.63, 3.8) is 0 Å². The monoisotopic (exact) mass is 280 g/mol. The summed E-state index contributed by atoms with van der Waals surface area (Å²) >= 11 is 3.43. The lowest BCUT2D eigenvalue weighted by atomic mass is 10.2. The first-order valence-electron chi connectivity index (χ1n) is 4.61. The van der Waals surface area contributed by atoms with E-state index in [0.717, 1.165) is 20.9 Å². The van der Waals surface area contributed by atoms with Gasteiger partial charge in [0.1, 0.15) is 0 Å². The molecule has 82 valence electrons. The topological polar surface area (TPSA) is 94.2 Å². The largest absolute Gasteiger partial charge is 0.365 e. The van der Waals surface area contributed by atoms with Gasteiger partial charge >= 0.3 is 0 Å². The number of hydrogen-bond acceptors (Lipinski definition) is 1. The number of hydrazone groups is 1. The van der Waals surface area contributed by atoms with Crippen LogP contribution < -0.4 is 16.6 Å². The Kier molecular flexibility index (Phi) is 2.91. The van der Waals surface area contributed by atoms with Gasteiger partial charge in [-0.2, -0.15) is 0 Å². The molecule has 1 heterocycles. The van der Waals surface area contributed by atoms with Gasteiger partial charge in [0.05, 0.1) is 5.56 Å². The van der Waals surface area contributed by atoms with E-state index in [4.69, 9.17) is 11.5 Å². The maximum Gasteiger partial charge on any atom is 0.256 e. The van der Waals surface area contributed by atoms with Crippen molar-refractivity contribution in [3.05, 3.63) is 34.4 Å². The summed E-state index contributed by atoms with van der Waals surface area (Å²) in [6.07, 6.45) is 3.61. The van der Waals surface area contributed by atoms with Crippen molar-refractivity contribution in [1.82, 2.24) is 4.98 Å². The molecule has 0 radical (unpaired) electrons. The highest BCUT2D eigenvalue weighted by atomic mass is 79.9. The Balaban J connectivity index is 2.41. The van der Waals surface area contributed by atoms with Crippen LogP contribution in [0.2, 0.25) is 0 Å². The molecule has 5 nitrogen and oxygen atoms in total. The van der Waals surface area contributed by atoms with Crippen LogP contribution in [0.1, 0.15) is 5.56 Å². The molecule has 2 rings (SSSR count). The number of nitrogens with two attached hydrogens (primary N) is 2. The number of aromatic nitrogens is 1. The molecule has 6 heteroatoms. The van der Waals surface area contributed by atoms with Gasteiger partial charge in [-0.25, -0.2) is 0 Å². The first-order chi connectivity index (χ1) is 7.66. The van der Waals surface area contributed by atoms with E-state index in [0.29, 0.717) is 0 Å². The fourth-order valence-electron chi connectivity index (χ4n) is 1.41. The molecule has 0 atom stereocenters. The van der Waals surface area contributed by atoms with Crippen LogP contribution in [0.5, 0.6) is 0 Å². The number of fused-ring (bicyclic) bond motifs is 1. The highest BCUT2D eigenvalue weighted by molar-refractivity contribution is 9.10. The molecule has 0 fully saturated rings. The third-order valence-electron chi connectivity index (χ3n) is 2.09. The average molecular weight is 281 g/mol. The lowest BCUT2D eigenvalue weighted by molar-refractivity contribution is -0.456. The fraction of sp³-hybridized carbons (Fsp3) is 0. The van der Waals surface area contributed by atoms with Crippen molar-refractivity contribution >= 4 is 39.0 Å². The molecular formula is C10H11BrN5+. The second kappa shape index (κ2) is 4.36. The highest BCUT2D eigenvalue weighted by Gasteiger charge is 2.03. The van der Waals surface area contributed by atoms with Gasteiger partial charge in [-0.05, 0) is 18.2 Å². The normalized spacial score (nSPS) is 11.1. The summed E-state index contributed by atoms with van der Waals surface area (Å²) in [5, 5.41) is 7.44. The van der Waals surface area contributed by atoms with E-state index < -0.39 is 0 Å². The Bertz CT molecular complexity index is 566. The molecule has 1 aromatic heterocycles. The predicted octanol–water partition coefficient (Wildman–Crippen LogP) is -0.382. The number of hydrogen-bond donors (Lipinski definition) is 4. The summed E-state index contributed by atoms with van der Waals surface area (Å²) in [6, 6.07) is 6.00. The lowest BCUT2D eigenvalue weighted by Crippen LogP contribution is -2.63. The predicted molar refractivity (Wildman–Crippen MR) is 67.9 cm³/mol. The van der Waals surface area contributed by atoms with Crippen LogP contribution in [0.15, 0.2) is 34.0 Å². The number of H-pyrrole nitrogens is 1. The van der Waals surface area contributed by atoms with E-state index in [1.54, 1.807) is 6.21 Å². The quantitative estimate of drug-likeness (QED) is 0.343. The zero-order chi connectivity index (χ0) is 11.5. The Morgan fingerprint density at radius 2 is 2.25 bits per heavy atom. The number of nitrogens with one attached hydrogen (secondary N) is 2. The lowest BCUT2D eigenvalue weighted by Gasteiger charge is -1.91. The minimum atomic E-state index is -0.00253. The van der Waals surface area contributed by atoms with Crippen LogP contribution in [0.4, 0.5) is 0 Å². The standard InChI is InChI=1S/C10H10BrN5/c11-7-1-2-9-8(3-7)6(4-14-9)5-15-16-10(12)13/h1-5,14H,(H4,12,13,16)/p+1/b15-5+. The van der Waals surface area contributed by atoms with Crippen LogP contribution >= 0.6 is 15.9 Å². The van der Waals surface area contributed by atoms with Gasteiger partial charge in [-0.1, -0.05) is 15.9 Å². The molecular weight excluding hydrogens is 270 g/mol. The van der Waals surface area contributed by atoms with Gasteiger partial charge in [0.2, 0.25) is 6.21 Å². The van der Waals surface area contributed by atoms with Gasteiger partial charge in [-0.3, -0.25) is 0 Å². The first-order valence-corrected chi connectivity index (χ1v) is 5.40. The summed E-state index contributed by atoms with van der Waals surface area (Å²) < 4.78 is 1.02. The Morgan fingerprint density at radius 1 is 1.44 bits per heavy atom. The maximum atomic E-state index is 5.20. The van der Waals surface area contributed by atoms with Crippen molar-refractivity contribution in [1.29, 1.82) is 0 Å². The molecule has 1 aromatic carbocycles. The second-order valence-electron chi connectivity index (χ2n) is 3.24. The molecule has 6 N–H and O–H groups in total. The van der Waals surface area contributed by atoms with Gasteiger partial charge in [-0.15, -0.1) is 5.10 Å². The molecule has 0 unspecified atom stereocenters. The third-order valence-corrected chi connectivity index (χ3v) is 2.58. The molecule has 0 aliphatic heterocycles. The summed E-state index contributed by atoms with van der Waals surface area (Å²) in [4.78, 5) is 3.15. The second-order valence-corrected chi connectivity index (χ2v) is 4.16. The van der Waals surface area contributed by atoms with E-state index in [1.165, 1.54) is 0 Å². The minimum Gasteiger partial charge on any atom is -0.365 e. The smallest absolute Gasteiger partial charge is 0.256 e. The summed E-state index contributed by atoms with van der Waals surface area (Å²) in [6.45, 7) is 0. The molecule has 0 amide bonds. The number of benzene rings is 1. The fourth-order valence-corrected chi connectivity index (χ4v) is 1.77. The summed E-state index contributed by atoms with van der Waals surface area (Å²) in [7, 11) is 0. The van der Waals surface area contributed by atoms with Crippen LogP contribution in [-0.4, -0.2) is 17.2 Å². The molecule has 0 bridgehead atoms. The van der Waals surface area contributed by atoms with Gasteiger partial charge in [0.25, 0.3) is 5.96 Å². The number of rotatable bonds is 2. The zero-order valence-corrected chi connectivity index (χ0v) is 9.95. The molecule has 0 saturated carbocycles. The Morgan fingerprint density at radius 3 is 3.00 bits per heavy atom. The third kappa shape index (κ3) is 2.22.